The lowest BCUT2D eigenvalue weighted by molar-refractivity contribution is 0.363. The molecule has 0 aliphatic carbocycles. The normalized spacial score (nSPS) is 15.7. The molecule has 0 N–H and O–H groups in total. The van der Waals surface area contributed by atoms with E-state index >= 15 is 0 Å². The van der Waals surface area contributed by atoms with Gasteiger partial charge in [0.2, 0.25) is 5.89 Å². The van der Waals surface area contributed by atoms with Gasteiger partial charge < -0.3 is 9.42 Å². The third-order valence-electron chi connectivity index (χ3n) is 4.78. The molecular formula is C18H19BrFN5O. The van der Waals surface area contributed by atoms with E-state index in [4.69, 9.17) is 4.52 Å². The molecule has 8 heteroatoms. The summed E-state index contributed by atoms with van der Waals surface area (Å²) in [5.41, 5.74) is 0.597. The van der Waals surface area contributed by atoms with E-state index in [1.165, 1.54) is 12.4 Å². The van der Waals surface area contributed by atoms with E-state index in [1.54, 1.807) is 6.07 Å². The molecule has 0 saturated carbocycles. The number of nitrogens with zero attached hydrogens (tertiary/aromatic N) is 5. The van der Waals surface area contributed by atoms with E-state index in [9.17, 15) is 4.39 Å². The van der Waals surface area contributed by atoms with Crippen LogP contribution in [0.4, 0.5) is 10.2 Å². The molecule has 1 aliphatic heterocycles. The highest BCUT2D eigenvalue weighted by Crippen LogP contribution is 2.34. The highest BCUT2D eigenvalue weighted by atomic mass is 79.9. The van der Waals surface area contributed by atoms with Crippen molar-refractivity contribution in [1.29, 1.82) is 0 Å². The quantitative estimate of drug-likeness (QED) is 0.629. The van der Waals surface area contributed by atoms with Crippen molar-refractivity contribution in [3.8, 4) is 0 Å². The Morgan fingerprint density at radius 2 is 2.08 bits per heavy atom. The summed E-state index contributed by atoms with van der Waals surface area (Å²) >= 11 is 3.44. The zero-order valence-electron chi connectivity index (χ0n) is 14.5. The summed E-state index contributed by atoms with van der Waals surface area (Å²) in [6, 6.07) is 3.12. The van der Waals surface area contributed by atoms with E-state index in [0.29, 0.717) is 22.6 Å². The van der Waals surface area contributed by atoms with Crippen molar-refractivity contribution in [3.63, 3.8) is 0 Å². The minimum absolute atomic E-state index is 0.269. The number of aryl methyl sites for hydroxylation is 1. The highest BCUT2D eigenvalue weighted by molar-refractivity contribution is 9.10. The fourth-order valence-electron chi connectivity index (χ4n) is 3.42. The number of rotatable bonds is 4. The third kappa shape index (κ3) is 3.18. The standard InChI is InChI=1S/C18H19BrFN5O/c1-2-3-14-23-17(24-26-14)11-6-8-25(9-7-11)18-15-13(20)5-4-12(19)16(15)21-10-22-18/h4-5,10-11H,2-3,6-9H2,1H3. The van der Waals surface area contributed by atoms with E-state index in [2.05, 4.69) is 47.9 Å². The molecule has 26 heavy (non-hydrogen) atoms. The van der Waals surface area contributed by atoms with Crippen LogP contribution in [0.25, 0.3) is 10.9 Å². The SMILES string of the molecule is CCCc1nc(C2CCN(c3ncnc4c(Br)ccc(F)c34)CC2)no1. The Morgan fingerprint density at radius 1 is 1.27 bits per heavy atom. The summed E-state index contributed by atoms with van der Waals surface area (Å²) in [7, 11) is 0. The van der Waals surface area contributed by atoms with Gasteiger partial charge in [0.25, 0.3) is 0 Å². The van der Waals surface area contributed by atoms with Gasteiger partial charge in [-0.25, -0.2) is 14.4 Å². The van der Waals surface area contributed by atoms with Crippen LogP contribution in [0, 0.1) is 5.82 Å². The van der Waals surface area contributed by atoms with Gasteiger partial charge >= 0.3 is 0 Å². The van der Waals surface area contributed by atoms with Crippen molar-refractivity contribution in [2.24, 2.45) is 0 Å². The van der Waals surface area contributed by atoms with Crippen LogP contribution >= 0.6 is 15.9 Å². The molecule has 0 bridgehead atoms. The smallest absolute Gasteiger partial charge is 0.226 e. The van der Waals surface area contributed by atoms with Gasteiger partial charge in [0.1, 0.15) is 18.0 Å². The third-order valence-corrected chi connectivity index (χ3v) is 5.42. The molecule has 3 aromatic rings. The second-order valence-corrected chi connectivity index (χ2v) is 7.36. The van der Waals surface area contributed by atoms with Crippen molar-refractivity contribution >= 4 is 32.7 Å². The van der Waals surface area contributed by atoms with Crippen LogP contribution in [0.2, 0.25) is 0 Å². The summed E-state index contributed by atoms with van der Waals surface area (Å²) in [6.45, 7) is 3.62. The van der Waals surface area contributed by atoms with Crippen LogP contribution < -0.4 is 4.90 Å². The minimum atomic E-state index is -0.303. The second kappa shape index (κ2) is 7.26. The molecule has 0 amide bonds. The number of fused-ring (bicyclic) bond motifs is 1. The molecule has 2 aromatic heterocycles. The Balaban J connectivity index is 1.55. The number of hydrogen-bond acceptors (Lipinski definition) is 6. The number of piperidine rings is 1. The van der Waals surface area contributed by atoms with Gasteiger partial charge in [0.15, 0.2) is 5.82 Å². The van der Waals surface area contributed by atoms with Crippen LogP contribution in [0.3, 0.4) is 0 Å². The largest absolute Gasteiger partial charge is 0.356 e. The van der Waals surface area contributed by atoms with Crippen molar-refractivity contribution in [1.82, 2.24) is 20.1 Å². The van der Waals surface area contributed by atoms with Gasteiger partial charge in [-0.15, -0.1) is 0 Å². The van der Waals surface area contributed by atoms with Gasteiger partial charge in [-0.05, 0) is 47.3 Å². The lowest BCUT2D eigenvalue weighted by atomic mass is 9.96. The summed E-state index contributed by atoms with van der Waals surface area (Å²) < 4.78 is 20.5. The fraction of sp³-hybridized carbons (Fsp3) is 0.444. The van der Waals surface area contributed by atoms with Crippen molar-refractivity contribution in [2.45, 2.75) is 38.5 Å². The van der Waals surface area contributed by atoms with Crippen molar-refractivity contribution < 1.29 is 8.91 Å². The highest BCUT2D eigenvalue weighted by Gasteiger charge is 2.27. The second-order valence-electron chi connectivity index (χ2n) is 6.51. The first-order valence-corrected chi connectivity index (χ1v) is 9.62. The fourth-order valence-corrected chi connectivity index (χ4v) is 3.86. The molecule has 0 atom stereocenters. The maximum absolute atomic E-state index is 14.4. The van der Waals surface area contributed by atoms with Gasteiger partial charge in [0, 0.05) is 29.9 Å². The molecule has 136 valence electrons. The Morgan fingerprint density at radius 3 is 2.85 bits per heavy atom. The monoisotopic (exact) mass is 419 g/mol. The molecule has 6 nitrogen and oxygen atoms in total. The Bertz CT molecular complexity index is 923. The number of benzene rings is 1. The van der Waals surface area contributed by atoms with E-state index < -0.39 is 0 Å². The van der Waals surface area contributed by atoms with Crippen LogP contribution in [0.5, 0.6) is 0 Å². The van der Waals surface area contributed by atoms with Crippen LogP contribution in [0.1, 0.15) is 43.8 Å². The summed E-state index contributed by atoms with van der Waals surface area (Å²) in [4.78, 5) is 15.2. The molecule has 3 heterocycles. The zero-order chi connectivity index (χ0) is 18.1. The first kappa shape index (κ1) is 17.3. The molecule has 4 rings (SSSR count). The average Bonchev–Trinajstić information content (AvgIpc) is 3.13. The lowest BCUT2D eigenvalue weighted by Crippen LogP contribution is -2.34. The van der Waals surface area contributed by atoms with Crippen molar-refractivity contribution in [3.05, 3.63) is 40.5 Å². The van der Waals surface area contributed by atoms with Gasteiger partial charge in [0.05, 0.1) is 10.9 Å². The molecule has 0 spiro atoms. The van der Waals surface area contributed by atoms with Gasteiger partial charge in [-0.3, -0.25) is 0 Å². The molecule has 1 aliphatic rings. The predicted octanol–water partition coefficient (Wildman–Crippen LogP) is 4.25. The predicted molar refractivity (Wildman–Crippen MR) is 99.7 cm³/mol. The average molecular weight is 420 g/mol. The number of hydrogen-bond donors (Lipinski definition) is 0. The molecule has 1 fully saturated rings. The lowest BCUT2D eigenvalue weighted by Gasteiger charge is -2.32. The maximum atomic E-state index is 14.4. The van der Waals surface area contributed by atoms with Crippen LogP contribution in [-0.2, 0) is 6.42 Å². The number of halogens is 2. The Kier molecular flexibility index (Phi) is 4.84. The number of anilines is 1. The molecular weight excluding hydrogens is 401 g/mol. The van der Waals surface area contributed by atoms with Gasteiger partial charge in [-0.2, -0.15) is 4.98 Å². The molecule has 0 unspecified atom stereocenters. The maximum Gasteiger partial charge on any atom is 0.226 e. The summed E-state index contributed by atoms with van der Waals surface area (Å²) in [5, 5.41) is 4.60. The molecule has 0 radical (unpaired) electrons. The zero-order valence-corrected chi connectivity index (χ0v) is 16.0. The summed E-state index contributed by atoms with van der Waals surface area (Å²) in [6.07, 6.45) is 5.05. The molecule has 1 saturated heterocycles. The minimum Gasteiger partial charge on any atom is -0.356 e. The van der Waals surface area contributed by atoms with E-state index in [1.807, 2.05) is 0 Å². The molecule has 1 aromatic carbocycles. The van der Waals surface area contributed by atoms with Crippen LogP contribution in [-0.4, -0.2) is 33.2 Å². The Hall–Kier alpha value is -2.09. The van der Waals surface area contributed by atoms with Gasteiger partial charge in [-0.1, -0.05) is 12.1 Å². The topological polar surface area (TPSA) is 67.9 Å². The van der Waals surface area contributed by atoms with E-state index in [-0.39, 0.29) is 11.7 Å². The van der Waals surface area contributed by atoms with Crippen LogP contribution in [0.15, 0.2) is 27.5 Å². The summed E-state index contributed by atoms with van der Waals surface area (Å²) in [5.74, 6) is 2.11. The van der Waals surface area contributed by atoms with E-state index in [0.717, 1.165) is 49.1 Å². The Labute approximate surface area is 159 Å². The first-order chi connectivity index (χ1) is 12.7. The number of aromatic nitrogens is 4. The van der Waals surface area contributed by atoms with Crippen molar-refractivity contribution in [2.75, 3.05) is 18.0 Å². The first-order valence-electron chi connectivity index (χ1n) is 8.83.